The molecule has 4 atom stereocenters. The standard InChI is InChI=1S/C21H27F5N2O2.C11H19NO2.C9H11NO2.C2H2/c1-3-9-21(4-2,27-12-15(30)28-10-5-6-11-28)14(29)8-7-13-16(22)18(24)20(26)19(25)17(13)23;1-3-5-9(2)11(14)10-6-4-7-12(10)8-13;10-8(9(11)12)6-7-4-2-1-3-5-7;1-2/h27H,3-12H2,1-2H3;8-10H,3-7H2,1-2H3;1-5,8H,6,10H2,(H,11,12);1-2H/t;9?,10-;8-;/m.00./s1. The van der Waals surface area contributed by atoms with Crippen molar-refractivity contribution in [3.05, 3.63) is 70.5 Å². The number of terminal acetylenes is 1. The maximum atomic E-state index is 13.9. The third-order valence-corrected chi connectivity index (χ3v) is 10.3. The van der Waals surface area contributed by atoms with Crippen molar-refractivity contribution in [2.45, 2.75) is 122 Å². The van der Waals surface area contributed by atoms with Crippen molar-refractivity contribution < 1.29 is 51.0 Å². The summed E-state index contributed by atoms with van der Waals surface area (Å²) in [6, 6.07) is 8.41. The van der Waals surface area contributed by atoms with Gasteiger partial charge in [-0.05, 0) is 63.4 Å². The van der Waals surface area contributed by atoms with Crippen LogP contribution in [0.1, 0.15) is 103 Å². The van der Waals surface area contributed by atoms with Gasteiger partial charge in [0.05, 0.1) is 18.1 Å². The van der Waals surface area contributed by atoms with Gasteiger partial charge in [-0.3, -0.25) is 29.3 Å². The quantitative estimate of drug-likeness (QED) is 0.0504. The van der Waals surface area contributed by atoms with E-state index in [2.05, 4.69) is 25.1 Å². The molecule has 2 aliphatic heterocycles. The van der Waals surface area contributed by atoms with Crippen LogP contribution in [0.25, 0.3) is 0 Å². The Bertz CT molecular complexity index is 1630. The fourth-order valence-corrected chi connectivity index (χ4v) is 7.00. The van der Waals surface area contributed by atoms with E-state index in [1.54, 1.807) is 16.7 Å². The number of carbonyl (C=O) groups is 5. The second-order valence-corrected chi connectivity index (χ2v) is 14.3. The van der Waals surface area contributed by atoms with Gasteiger partial charge in [-0.25, -0.2) is 22.0 Å². The molecule has 322 valence electrons. The molecule has 0 saturated carbocycles. The number of rotatable bonds is 18. The van der Waals surface area contributed by atoms with Crippen LogP contribution in [-0.2, 0) is 36.8 Å². The van der Waals surface area contributed by atoms with Crippen molar-refractivity contribution >= 4 is 29.9 Å². The maximum Gasteiger partial charge on any atom is 0.320 e. The Morgan fingerprint density at radius 3 is 1.98 bits per heavy atom. The van der Waals surface area contributed by atoms with E-state index in [-0.39, 0.29) is 30.2 Å². The first kappa shape index (κ1) is 51.3. The van der Waals surface area contributed by atoms with Crippen LogP contribution in [0.15, 0.2) is 30.3 Å². The van der Waals surface area contributed by atoms with Gasteiger partial charge in [0.1, 0.15) is 6.04 Å². The zero-order chi connectivity index (χ0) is 44.0. The number of carbonyl (C=O) groups excluding carboxylic acids is 4. The fourth-order valence-electron chi connectivity index (χ4n) is 7.00. The van der Waals surface area contributed by atoms with E-state index in [1.807, 2.05) is 44.2 Å². The van der Waals surface area contributed by atoms with Crippen LogP contribution in [0.3, 0.4) is 0 Å². The second kappa shape index (κ2) is 26.3. The van der Waals surface area contributed by atoms with Crippen LogP contribution in [0.5, 0.6) is 0 Å². The molecule has 0 radical (unpaired) electrons. The van der Waals surface area contributed by atoms with E-state index in [0.29, 0.717) is 38.8 Å². The topological polar surface area (TPSA) is 150 Å². The van der Waals surface area contributed by atoms with Crippen LogP contribution < -0.4 is 11.1 Å². The number of halogens is 5. The molecule has 0 aliphatic carbocycles. The summed E-state index contributed by atoms with van der Waals surface area (Å²) in [7, 11) is 0. The third-order valence-electron chi connectivity index (χ3n) is 10.3. The van der Waals surface area contributed by atoms with E-state index in [9.17, 15) is 45.9 Å². The largest absolute Gasteiger partial charge is 0.480 e. The van der Waals surface area contributed by atoms with Crippen molar-refractivity contribution in [1.29, 1.82) is 0 Å². The normalized spacial score (nSPS) is 16.6. The smallest absolute Gasteiger partial charge is 0.320 e. The van der Waals surface area contributed by atoms with Gasteiger partial charge in [0.15, 0.2) is 34.8 Å². The lowest BCUT2D eigenvalue weighted by atomic mass is 9.83. The number of hydrogen-bond donors (Lipinski definition) is 3. The number of amides is 2. The molecule has 2 unspecified atom stereocenters. The zero-order valence-corrected chi connectivity index (χ0v) is 34.0. The van der Waals surface area contributed by atoms with E-state index in [4.69, 9.17) is 10.8 Å². The molecule has 0 spiro atoms. The molecule has 2 saturated heterocycles. The molecule has 58 heavy (non-hydrogen) atoms. The molecule has 0 bridgehead atoms. The molecule has 4 rings (SSSR count). The SMILES string of the molecule is C#C.CCCC(C)C(=O)[C@@H]1CCCN1C=O.CCCC(CC)(NCC(=O)N1CCCC1)C(=O)CCc1c(F)c(F)c(F)c(F)c1F.N[C@@H](Cc1ccccc1)C(=O)O. The van der Waals surface area contributed by atoms with Gasteiger partial charge in [-0.1, -0.05) is 70.9 Å². The molecule has 15 heteroatoms. The van der Waals surface area contributed by atoms with Gasteiger partial charge in [-0.15, -0.1) is 12.8 Å². The highest BCUT2D eigenvalue weighted by Gasteiger charge is 2.37. The molecule has 2 fully saturated rings. The summed E-state index contributed by atoms with van der Waals surface area (Å²) in [4.78, 5) is 61.6. The van der Waals surface area contributed by atoms with Crippen molar-refractivity contribution in [3.63, 3.8) is 0 Å². The van der Waals surface area contributed by atoms with E-state index in [0.717, 1.165) is 57.0 Å². The predicted octanol–water partition coefficient (Wildman–Crippen LogP) is 6.55. The number of likely N-dealkylation sites (tertiary alicyclic amines) is 2. The Balaban J connectivity index is 0.000000494. The van der Waals surface area contributed by atoms with E-state index >= 15 is 0 Å². The minimum Gasteiger partial charge on any atom is -0.480 e. The molecular formula is C43H59F5N4O6. The first-order valence-electron chi connectivity index (χ1n) is 19.8. The first-order valence-corrected chi connectivity index (χ1v) is 19.8. The van der Waals surface area contributed by atoms with Crippen molar-refractivity contribution in [2.24, 2.45) is 11.7 Å². The summed E-state index contributed by atoms with van der Waals surface area (Å²) in [5.74, 6) is -11.3. The monoisotopic (exact) mass is 822 g/mol. The summed E-state index contributed by atoms with van der Waals surface area (Å²) in [6.07, 6.45) is 15.1. The molecule has 2 aromatic carbocycles. The lowest BCUT2D eigenvalue weighted by Crippen LogP contribution is -2.54. The molecule has 2 amide bonds. The van der Waals surface area contributed by atoms with Crippen molar-refractivity contribution in [2.75, 3.05) is 26.2 Å². The van der Waals surface area contributed by atoms with Crippen molar-refractivity contribution in [3.8, 4) is 12.8 Å². The second-order valence-electron chi connectivity index (χ2n) is 14.3. The number of benzene rings is 2. The Labute approximate surface area is 339 Å². The highest BCUT2D eigenvalue weighted by molar-refractivity contribution is 5.90. The van der Waals surface area contributed by atoms with Gasteiger partial charge in [0.25, 0.3) is 0 Å². The minimum absolute atomic E-state index is 0.0535. The summed E-state index contributed by atoms with van der Waals surface area (Å²) < 4.78 is 67.8. The summed E-state index contributed by atoms with van der Waals surface area (Å²) in [6.45, 7) is 9.68. The Morgan fingerprint density at radius 2 is 1.48 bits per heavy atom. The highest BCUT2D eigenvalue weighted by atomic mass is 19.2. The number of nitrogens with zero attached hydrogens (tertiary/aromatic N) is 2. The lowest BCUT2D eigenvalue weighted by Gasteiger charge is -2.33. The molecule has 2 aromatic rings. The lowest BCUT2D eigenvalue weighted by molar-refractivity contribution is -0.138. The maximum absolute atomic E-state index is 13.9. The summed E-state index contributed by atoms with van der Waals surface area (Å²) in [5, 5.41) is 11.5. The highest BCUT2D eigenvalue weighted by Crippen LogP contribution is 2.27. The average Bonchev–Trinajstić information content (AvgIpc) is 3.96. The fraction of sp³-hybridized carbons (Fsp3) is 0.558. The van der Waals surface area contributed by atoms with Crippen LogP contribution in [-0.4, -0.2) is 88.6 Å². The van der Waals surface area contributed by atoms with Gasteiger partial charge < -0.3 is 20.6 Å². The van der Waals surface area contributed by atoms with Crippen molar-refractivity contribution in [1.82, 2.24) is 15.1 Å². The minimum atomic E-state index is -2.23. The van der Waals surface area contributed by atoms with Crippen LogP contribution in [0, 0.1) is 47.9 Å². The molecule has 2 aliphatic rings. The first-order chi connectivity index (χ1) is 27.6. The van der Waals surface area contributed by atoms with Crippen LogP contribution in [0.4, 0.5) is 22.0 Å². The Morgan fingerprint density at radius 1 is 0.914 bits per heavy atom. The van der Waals surface area contributed by atoms with Gasteiger partial charge >= 0.3 is 5.97 Å². The molecule has 2 heterocycles. The predicted molar refractivity (Wildman–Crippen MR) is 212 cm³/mol. The number of nitrogens with two attached hydrogens (primary N) is 1. The molecule has 10 nitrogen and oxygen atoms in total. The Hall–Kier alpha value is -4.68. The summed E-state index contributed by atoms with van der Waals surface area (Å²) in [5.41, 5.74) is 4.19. The number of Topliss-reactive ketones (excluding diaryl/α,β-unsaturated/α-hetero) is 2. The number of aliphatic carboxylic acids is 1. The van der Waals surface area contributed by atoms with Crippen LogP contribution in [0.2, 0.25) is 0 Å². The number of nitrogens with one attached hydrogen (secondary N) is 1. The molecular weight excluding hydrogens is 763 g/mol. The van der Waals surface area contributed by atoms with Gasteiger partial charge in [0, 0.05) is 37.5 Å². The number of hydrogen-bond acceptors (Lipinski definition) is 7. The number of ketones is 2. The zero-order valence-electron chi connectivity index (χ0n) is 34.0. The molecule has 4 N–H and O–H groups in total. The number of carboxylic acid groups (broad SMARTS) is 1. The van der Waals surface area contributed by atoms with Crippen LogP contribution >= 0.6 is 0 Å². The summed E-state index contributed by atoms with van der Waals surface area (Å²) >= 11 is 0. The van der Waals surface area contributed by atoms with E-state index in [1.165, 1.54) is 0 Å². The van der Waals surface area contributed by atoms with Gasteiger partial charge in [0.2, 0.25) is 18.1 Å². The molecule has 0 aromatic heterocycles. The van der Waals surface area contributed by atoms with Gasteiger partial charge in [-0.2, -0.15) is 0 Å². The van der Waals surface area contributed by atoms with E-state index < -0.39 is 70.8 Å². The average molecular weight is 823 g/mol. The number of carboxylic acids is 1. The third kappa shape index (κ3) is 14.9. The Kier molecular flexibility index (Phi) is 23.3.